The lowest BCUT2D eigenvalue weighted by Crippen LogP contribution is -2.06. The van der Waals surface area contributed by atoms with E-state index in [4.69, 9.17) is 0 Å². The number of fused-ring (bicyclic) bond motifs is 1. The Kier molecular flexibility index (Phi) is 4.39. The molecule has 4 N–H and O–H groups in total. The number of H-pyrrole nitrogens is 1. The standard InChI is InChI=1S/C9H7F3N2O.ClH.H2O/c1-4-2-3-5(15)7-6(4)13-8(14-7)9(10,11)12;;/h2-3,15H,1H3,(H,13,14);1H;1H2. The zero-order chi connectivity index (χ0) is 11.2. The van der Waals surface area contributed by atoms with Crippen molar-refractivity contribution in [2.24, 2.45) is 0 Å². The molecule has 0 saturated carbocycles. The van der Waals surface area contributed by atoms with Crippen LogP contribution >= 0.6 is 12.4 Å². The highest BCUT2D eigenvalue weighted by atomic mass is 35.5. The zero-order valence-electron chi connectivity index (χ0n) is 8.59. The van der Waals surface area contributed by atoms with Crippen LogP contribution in [0.2, 0.25) is 0 Å². The van der Waals surface area contributed by atoms with E-state index in [1.54, 1.807) is 6.92 Å². The summed E-state index contributed by atoms with van der Waals surface area (Å²) in [5, 5.41) is 9.32. The van der Waals surface area contributed by atoms with Crippen LogP contribution in [0.5, 0.6) is 5.75 Å². The number of hydrogen-bond acceptors (Lipinski definition) is 2. The molecule has 0 unspecified atom stereocenters. The van der Waals surface area contributed by atoms with E-state index in [1.165, 1.54) is 12.1 Å². The fraction of sp³-hybridized carbons (Fsp3) is 0.222. The highest BCUT2D eigenvalue weighted by Gasteiger charge is 2.35. The van der Waals surface area contributed by atoms with Gasteiger partial charge >= 0.3 is 6.18 Å². The lowest BCUT2D eigenvalue weighted by molar-refractivity contribution is -0.144. The molecule has 2 rings (SSSR count). The van der Waals surface area contributed by atoms with Gasteiger partial charge in [0, 0.05) is 0 Å². The van der Waals surface area contributed by atoms with Crippen molar-refractivity contribution in [1.29, 1.82) is 0 Å². The van der Waals surface area contributed by atoms with Crippen LogP contribution in [0.4, 0.5) is 13.2 Å². The molecule has 0 aliphatic heterocycles. The molecule has 0 saturated heterocycles. The van der Waals surface area contributed by atoms with Crippen LogP contribution in [-0.4, -0.2) is 20.6 Å². The van der Waals surface area contributed by atoms with Gasteiger partial charge in [-0.2, -0.15) is 13.2 Å². The van der Waals surface area contributed by atoms with Crippen LogP contribution in [0, 0.1) is 6.92 Å². The van der Waals surface area contributed by atoms with E-state index in [0.29, 0.717) is 5.56 Å². The first-order valence-corrected chi connectivity index (χ1v) is 4.15. The maximum absolute atomic E-state index is 12.3. The number of rotatable bonds is 0. The average molecular weight is 271 g/mol. The lowest BCUT2D eigenvalue weighted by Gasteiger charge is -1.99. The van der Waals surface area contributed by atoms with Gasteiger partial charge in [-0.15, -0.1) is 12.4 Å². The van der Waals surface area contributed by atoms with Crippen molar-refractivity contribution in [3.63, 3.8) is 0 Å². The lowest BCUT2D eigenvalue weighted by atomic mass is 10.2. The molecule has 8 heteroatoms. The number of aromatic hydroxyl groups is 1. The SMILES string of the molecule is Cc1ccc(O)c2nc(C(F)(F)F)[nH]c12.Cl.O. The maximum Gasteiger partial charge on any atom is 0.449 e. The number of benzene rings is 1. The van der Waals surface area contributed by atoms with Crippen LogP contribution in [-0.2, 0) is 6.18 Å². The van der Waals surface area contributed by atoms with Crippen molar-refractivity contribution in [2.45, 2.75) is 13.1 Å². The monoisotopic (exact) mass is 270 g/mol. The van der Waals surface area contributed by atoms with Gasteiger partial charge in [-0.1, -0.05) is 6.07 Å². The largest absolute Gasteiger partial charge is 0.506 e. The average Bonchev–Trinajstić information content (AvgIpc) is 2.56. The van der Waals surface area contributed by atoms with Crippen LogP contribution in [0.25, 0.3) is 11.0 Å². The molecule has 0 aliphatic rings. The Morgan fingerprint density at radius 2 is 1.88 bits per heavy atom. The van der Waals surface area contributed by atoms with E-state index in [9.17, 15) is 18.3 Å². The molecule has 0 aliphatic carbocycles. The second-order valence-corrected chi connectivity index (χ2v) is 3.21. The Bertz CT molecular complexity index is 486. The third-order valence-corrected chi connectivity index (χ3v) is 2.10. The van der Waals surface area contributed by atoms with Crippen LogP contribution < -0.4 is 0 Å². The normalized spacial score (nSPS) is 10.8. The Morgan fingerprint density at radius 3 is 2.35 bits per heavy atom. The summed E-state index contributed by atoms with van der Waals surface area (Å²) in [6, 6.07) is 2.84. The predicted molar refractivity (Wildman–Crippen MR) is 58.4 cm³/mol. The second kappa shape index (κ2) is 4.80. The van der Waals surface area contributed by atoms with Gasteiger partial charge in [-0.25, -0.2) is 4.98 Å². The van der Waals surface area contributed by atoms with Crippen LogP contribution in [0.15, 0.2) is 12.1 Å². The van der Waals surface area contributed by atoms with Gasteiger partial charge in [0.15, 0.2) is 0 Å². The number of alkyl halides is 3. The van der Waals surface area contributed by atoms with Gasteiger partial charge < -0.3 is 15.6 Å². The molecule has 4 nitrogen and oxygen atoms in total. The maximum atomic E-state index is 12.3. The van der Waals surface area contributed by atoms with Gasteiger partial charge in [-0.3, -0.25) is 0 Å². The first-order chi connectivity index (χ1) is 6.89. The number of aromatic nitrogens is 2. The fourth-order valence-electron chi connectivity index (χ4n) is 1.34. The first kappa shape index (κ1) is 15.5. The van der Waals surface area contributed by atoms with Gasteiger partial charge in [0.05, 0.1) is 5.52 Å². The molecule has 0 bridgehead atoms. The van der Waals surface area contributed by atoms with Crippen molar-refractivity contribution in [3.05, 3.63) is 23.5 Å². The molecule has 1 heterocycles. The van der Waals surface area contributed by atoms with E-state index >= 15 is 0 Å². The van der Waals surface area contributed by atoms with Crippen molar-refractivity contribution < 1.29 is 23.8 Å². The molecule has 1 aromatic carbocycles. The second-order valence-electron chi connectivity index (χ2n) is 3.21. The predicted octanol–water partition coefficient (Wildman–Crippen LogP) is 2.19. The molecule has 96 valence electrons. The summed E-state index contributed by atoms with van der Waals surface area (Å²) in [7, 11) is 0. The smallest absolute Gasteiger partial charge is 0.449 e. The molecule has 2 aromatic rings. The highest BCUT2D eigenvalue weighted by molar-refractivity contribution is 5.85. The van der Waals surface area contributed by atoms with Gasteiger partial charge in [-0.05, 0) is 18.6 Å². The molecule has 0 spiro atoms. The molecule has 17 heavy (non-hydrogen) atoms. The minimum atomic E-state index is -4.53. The summed E-state index contributed by atoms with van der Waals surface area (Å²) < 4.78 is 36.9. The third-order valence-electron chi connectivity index (χ3n) is 2.10. The van der Waals surface area contributed by atoms with Crippen LogP contribution in [0.3, 0.4) is 0 Å². The summed E-state index contributed by atoms with van der Waals surface area (Å²) in [6.45, 7) is 1.64. The summed E-state index contributed by atoms with van der Waals surface area (Å²) >= 11 is 0. The van der Waals surface area contributed by atoms with E-state index in [0.717, 1.165) is 0 Å². The molecule has 0 amide bonds. The first-order valence-electron chi connectivity index (χ1n) is 4.15. The molecular formula is C9H10ClF3N2O2. The van der Waals surface area contributed by atoms with Crippen molar-refractivity contribution >= 4 is 23.4 Å². The molecule has 0 atom stereocenters. The Labute approximate surface area is 100 Å². The van der Waals surface area contributed by atoms with Crippen molar-refractivity contribution in [1.82, 2.24) is 9.97 Å². The highest BCUT2D eigenvalue weighted by Crippen LogP contribution is 2.32. The molecule has 0 fully saturated rings. The number of aromatic amines is 1. The minimum absolute atomic E-state index is 0. The topological polar surface area (TPSA) is 80.4 Å². The van der Waals surface area contributed by atoms with E-state index < -0.39 is 12.0 Å². The van der Waals surface area contributed by atoms with Crippen LogP contribution in [0.1, 0.15) is 11.4 Å². The van der Waals surface area contributed by atoms with Crippen molar-refractivity contribution in [2.75, 3.05) is 0 Å². The minimum Gasteiger partial charge on any atom is -0.506 e. The number of aryl methyl sites for hydroxylation is 1. The number of phenolic OH excluding ortho intramolecular Hbond substituents is 1. The summed E-state index contributed by atoms with van der Waals surface area (Å²) in [6.07, 6.45) is -4.53. The Morgan fingerprint density at radius 1 is 1.29 bits per heavy atom. The quantitative estimate of drug-likeness (QED) is 0.769. The van der Waals surface area contributed by atoms with E-state index in [1.807, 2.05) is 0 Å². The molecule has 1 aromatic heterocycles. The van der Waals surface area contributed by atoms with Crippen molar-refractivity contribution in [3.8, 4) is 5.75 Å². The van der Waals surface area contributed by atoms with Gasteiger partial charge in [0.2, 0.25) is 5.82 Å². The number of nitrogens with one attached hydrogen (secondary N) is 1. The number of imidazole rings is 1. The molecule has 0 radical (unpaired) electrons. The van der Waals surface area contributed by atoms with Gasteiger partial charge in [0.25, 0.3) is 0 Å². The zero-order valence-corrected chi connectivity index (χ0v) is 9.41. The summed E-state index contributed by atoms with van der Waals surface area (Å²) in [4.78, 5) is 5.46. The number of phenols is 1. The number of halogens is 4. The number of nitrogens with zero attached hydrogens (tertiary/aromatic N) is 1. The Hall–Kier alpha value is -1.47. The molecular weight excluding hydrogens is 261 g/mol. The third kappa shape index (κ3) is 2.62. The summed E-state index contributed by atoms with van der Waals surface area (Å²) in [5.41, 5.74) is 0.760. The number of hydrogen-bond donors (Lipinski definition) is 2. The van der Waals surface area contributed by atoms with E-state index in [2.05, 4.69) is 9.97 Å². The Balaban J connectivity index is 0.00000128. The fourth-order valence-corrected chi connectivity index (χ4v) is 1.34. The van der Waals surface area contributed by atoms with E-state index in [-0.39, 0.29) is 34.7 Å². The summed E-state index contributed by atoms with van der Waals surface area (Å²) in [5.74, 6) is -1.36. The van der Waals surface area contributed by atoms with Gasteiger partial charge in [0.1, 0.15) is 11.3 Å².